The Hall–Kier alpha value is -1.83. The second-order valence-electron chi connectivity index (χ2n) is 5.08. The summed E-state index contributed by atoms with van der Waals surface area (Å²) in [6.07, 6.45) is -0.330. The Morgan fingerprint density at radius 1 is 1.41 bits per heavy atom. The number of nitrogens with zero attached hydrogens (tertiary/aromatic N) is 3. The first-order chi connectivity index (χ1) is 10.6. The van der Waals surface area contributed by atoms with Crippen LogP contribution >= 0.6 is 0 Å². The molecule has 2 aromatic rings. The van der Waals surface area contributed by atoms with Gasteiger partial charge in [0.25, 0.3) is 0 Å². The third kappa shape index (κ3) is 4.59. The fraction of sp³-hybridized carbons (Fsp3) is 0.467. The van der Waals surface area contributed by atoms with Crippen LogP contribution in [0.2, 0.25) is 0 Å². The van der Waals surface area contributed by atoms with Crippen molar-refractivity contribution in [3.05, 3.63) is 47.4 Å². The lowest BCUT2D eigenvalue weighted by atomic mass is 10.1. The molecule has 0 aliphatic carbocycles. The van der Waals surface area contributed by atoms with Gasteiger partial charge in [-0.2, -0.15) is 4.98 Å². The first-order valence-electron chi connectivity index (χ1n) is 7.01. The van der Waals surface area contributed by atoms with Gasteiger partial charge >= 0.3 is 0 Å². The standard InChI is InChI=1S/C15H20FN3O3/c1-19(9-13(20)11-5-3-4-6-12(11)16)10-15-17-14(18-22-15)7-8-21-2/h3-6,13,20H,7-10H2,1-2H3. The van der Waals surface area contributed by atoms with Gasteiger partial charge in [0, 0.05) is 25.6 Å². The van der Waals surface area contributed by atoms with Crippen molar-refractivity contribution in [2.24, 2.45) is 0 Å². The number of ether oxygens (including phenoxy) is 1. The molecule has 2 rings (SSSR count). The summed E-state index contributed by atoms with van der Waals surface area (Å²) in [5.74, 6) is 0.622. The summed E-state index contributed by atoms with van der Waals surface area (Å²) in [6.45, 7) is 1.17. The Kier molecular flexibility index (Phi) is 6.00. The van der Waals surface area contributed by atoms with Crippen LogP contribution in [0.5, 0.6) is 0 Å². The van der Waals surface area contributed by atoms with E-state index in [0.717, 1.165) is 0 Å². The van der Waals surface area contributed by atoms with Gasteiger partial charge in [0.2, 0.25) is 5.89 Å². The molecule has 0 aliphatic heterocycles. The number of aliphatic hydroxyl groups is 1. The van der Waals surface area contributed by atoms with E-state index in [4.69, 9.17) is 9.26 Å². The maximum absolute atomic E-state index is 13.6. The van der Waals surface area contributed by atoms with Crippen LogP contribution in [0.15, 0.2) is 28.8 Å². The fourth-order valence-corrected chi connectivity index (χ4v) is 2.08. The summed E-state index contributed by atoms with van der Waals surface area (Å²) in [4.78, 5) is 6.03. The number of rotatable bonds is 8. The summed E-state index contributed by atoms with van der Waals surface area (Å²) in [7, 11) is 3.40. The van der Waals surface area contributed by atoms with E-state index in [1.165, 1.54) is 6.07 Å². The zero-order valence-electron chi connectivity index (χ0n) is 12.7. The van der Waals surface area contributed by atoms with Crippen molar-refractivity contribution in [2.45, 2.75) is 19.1 Å². The van der Waals surface area contributed by atoms with Gasteiger partial charge in [0.1, 0.15) is 5.82 Å². The number of aliphatic hydroxyl groups excluding tert-OH is 1. The van der Waals surface area contributed by atoms with Gasteiger partial charge in [0.05, 0.1) is 19.3 Å². The van der Waals surface area contributed by atoms with E-state index in [-0.39, 0.29) is 12.1 Å². The molecule has 0 aliphatic rings. The highest BCUT2D eigenvalue weighted by Gasteiger charge is 2.16. The number of benzene rings is 1. The van der Waals surface area contributed by atoms with Crippen LogP contribution in [0.25, 0.3) is 0 Å². The summed E-state index contributed by atoms with van der Waals surface area (Å²) < 4.78 is 23.7. The van der Waals surface area contributed by atoms with Gasteiger partial charge in [0.15, 0.2) is 5.82 Å². The van der Waals surface area contributed by atoms with Gasteiger partial charge in [-0.05, 0) is 13.1 Å². The lowest BCUT2D eigenvalue weighted by molar-refractivity contribution is 0.114. The SMILES string of the molecule is COCCc1noc(CN(C)CC(O)c2ccccc2F)n1. The second-order valence-corrected chi connectivity index (χ2v) is 5.08. The third-order valence-corrected chi connectivity index (χ3v) is 3.19. The molecule has 120 valence electrons. The molecule has 0 fully saturated rings. The van der Waals surface area contributed by atoms with Crippen molar-refractivity contribution in [1.29, 1.82) is 0 Å². The normalized spacial score (nSPS) is 12.8. The van der Waals surface area contributed by atoms with Crippen LogP contribution < -0.4 is 0 Å². The monoisotopic (exact) mass is 309 g/mol. The molecule has 1 aromatic carbocycles. The lowest BCUT2D eigenvalue weighted by Crippen LogP contribution is -2.24. The fourth-order valence-electron chi connectivity index (χ4n) is 2.08. The Labute approximate surface area is 128 Å². The first-order valence-corrected chi connectivity index (χ1v) is 7.01. The average molecular weight is 309 g/mol. The molecule has 0 amide bonds. The van der Waals surface area contributed by atoms with E-state index < -0.39 is 11.9 Å². The highest BCUT2D eigenvalue weighted by molar-refractivity contribution is 5.20. The second kappa shape index (κ2) is 7.98. The maximum Gasteiger partial charge on any atom is 0.240 e. The van der Waals surface area contributed by atoms with Crippen molar-refractivity contribution < 1.29 is 18.8 Å². The molecule has 1 unspecified atom stereocenters. The molecular formula is C15H20FN3O3. The largest absolute Gasteiger partial charge is 0.387 e. The van der Waals surface area contributed by atoms with Crippen molar-refractivity contribution in [3.63, 3.8) is 0 Å². The zero-order valence-corrected chi connectivity index (χ0v) is 12.7. The van der Waals surface area contributed by atoms with Crippen molar-refractivity contribution in [3.8, 4) is 0 Å². The topological polar surface area (TPSA) is 71.6 Å². The summed E-state index contributed by atoms with van der Waals surface area (Å²) in [6, 6.07) is 6.19. The quantitative estimate of drug-likeness (QED) is 0.798. The molecule has 0 bridgehead atoms. The minimum absolute atomic E-state index is 0.261. The summed E-state index contributed by atoms with van der Waals surface area (Å²) in [5.41, 5.74) is 0.278. The minimum atomic E-state index is -0.915. The number of hydrogen-bond donors (Lipinski definition) is 1. The molecule has 1 N–H and O–H groups in total. The van der Waals surface area contributed by atoms with Crippen LogP contribution in [-0.2, 0) is 17.7 Å². The van der Waals surface area contributed by atoms with Gasteiger partial charge in [-0.15, -0.1) is 0 Å². The molecule has 1 heterocycles. The average Bonchev–Trinajstić information content (AvgIpc) is 2.92. The van der Waals surface area contributed by atoms with Crippen molar-refractivity contribution >= 4 is 0 Å². The number of aromatic nitrogens is 2. The number of methoxy groups -OCH3 is 1. The van der Waals surface area contributed by atoms with E-state index in [0.29, 0.717) is 31.3 Å². The summed E-state index contributed by atoms with van der Waals surface area (Å²) in [5, 5.41) is 13.9. The van der Waals surface area contributed by atoms with E-state index in [9.17, 15) is 9.50 Å². The van der Waals surface area contributed by atoms with E-state index in [1.807, 2.05) is 0 Å². The molecule has 0 saturated carbocycles. The third-order valence-electron chi connectivity index (χ3n) is 3.19. The molecule has 0 spiro atoms. The van der Waals surface area contributed by atoms with Gasteiger partial charge < -0.3 is 14.4 Å². The highest BCUT2D eigenvalue weighted by Crippen LogP contribution is 2.17. The Morgan fingerprint density at radius 2 is 2.18 bits per heavy atom. The van der Waals surface area contributed by atoms with Crippen LogP contribution in [-0.4, -0.2) is 47.5 Å². The smallest absolute Gasteiger partial charge is 0.240 e. The van der Waals surface area contributed by atoms with Crippen LogP contribution in [0.1, 0.15) is 23.4 Å². The highest BCUT2D eigenvalue weighted by atomic mass is 19.1. The minimum Gasteiger partial charge on any atom is -0.387 e. The molecule has 7 heteroatoms. The molecule has 1 atom stereocenters. The van der Waals surface area contributed by atoms with Crippen LogP contribution in [0, 0.1) is 5.82 Å². The molecule has 0 radical (unpaired) electrons. The number of likely N-dealkylation sites (N-methyl/N-ethyl adjacent to an activating group) is 1. The van der Waals surface area contributed by atoms with Gasteiger partial charge in [-0.1, -0.05) is 23.4 Å². The predicted molar refractivity (Wildman–Crippen MR) is 77.6 cm³/mol. The Balaban J connectivity index is 1.88. The van der Waals surface area contributed by atoms with Gasteiger partial charge in [-0.25, -0.2) is 4.39 Å². The maximum atomic E-state index is 13.6. The molecular weight excluding hydrogens is 289 g/mol. The lowest BCUT2D eigenvalue weighted by Gasteiger charge is -2.19. The van der Waals surface area contributed by atoms with E-state index in [1.54, 1.807) is 37.3 Å². The molecule has 6 nitrogen and oxygen atoms in total. The van der Waals surface area contributed by atoms with E-state index >= 15 is 0 Å². The number of halogens is 1. The van der Waals surface area contributed by atoms with E-state index in [2.05, 4.69) is 10.1 Å². The summed E-state index contributed by atoms with van der Waals surface area (Å²) >= 11 is 0. The first kappa shape index (κ1) is 16.5. The number of hydrogen-bond acceptors (Lipinski definition) is 6. The van der Waals surface area contributed by atoms with Gasteiger partial charge in [-0.3, -0.25) is 4.90 Å². The Bertz CT molecular complexity index is 591. The predicted octanol–water partition coefficient (Wildman–Crippen LogP) is 1.56. The molecule has 0 saturated heterocycles. The van der Waals surface area contributed by atoms with Crippen molar-refractivity contribution in [2.75, 3.05) is 27.3 Å². The van der Waals surface area contributed by atoms with Crippen molar-refractivity contribution in [1.82, 2.24) is 15.0 Å². The molecule has 22 heavy (non-hydrogen) atoms. The molecule has 1 aromatic heterocycles. The van der Waals surface area contributed by atoms with Crippen LogP contribution in [0.3, 0.4) is 0 Å². The zero-order chi connectivity index (χ0) is 15.9. The van der Waals surface area contributed by atoms with Crippen LogP contribution in [0.4, 0.5) is 4.39 Å². The Morgan fingerprint density at radius 3 is 2.91 bits per heavy atom.